The fourth-order valence-electron chi connectivity index (χ4n) is 3.27. The fraction of sp³-hybridized carbons (Fsp3) is 0.444. The summed E-state index contributed by atoms with van der Waals surface area (Å²) in [6.45, 7) is 1.96. The molecule has 0 aliphatic carbocycles. The monoisotopic (exact) mass is 364 g/mol. The number of nitrogens with one attached hydrogen (secondary N) is 2. The standard InChI is InChI=1S/C18H24N4O2.ClH/c1-22-12-14(8-21-22)15-9-19-10-16(15)18(23)20-11-17(24-2)13-6-4-3-5-7-13;/h3-8,12,15-17,19H,9-11H2,1-2H3,(H,20,23);1H/t15-,16+,17?;/m1./s1. The molecule has 0 radical (unpaired) electrons. The maximum atomic E-state index is 12.7. The molecule has 1 unspecified atom stereocenters. The molecular weight excluding hydrogens is 340 g/mol. The normalized spacial score (nSPS) is 20.7. The zero-order valence-electron chi connectivity index (χ0n) is 14.5. The van der Waals surface area contributed by atoms with Gasteiger partial charge in [-0.2, -0.15) is 5.10 Å². The first-order chi connectivity index (χ1) is 11.7. The van der Waals surface area contributed by atoms with Crippen molar-refractivity contribution in [1.29, 1.82) is 0 Å². The minimum atomic E-state index is -0.138. The predicted molar refractivity (Wildman–Crippen MR) is 98.8 cm³/mol. The number of carbonyl (C=O) groups is 1. The van der Waals surface area contributed by atoms with Crippen LogP contribution in [-0.2, 0) is 16.6 Å². The van der Waals surface area contributed by atoms with E-state index in [9.17, 15) is 4.79 Å². The summed E-state index contributed by atoms with van der Waals surface area (Å²) in [5.41, 5.74) is 2.17. The first-order valence-corrected chi connectivity index (χ1v) is 8.23. The molecule has 2 heterocycles. The highest BCUT2D eigenvalue weighted by molar-refractivity contribution is 5.85. The van der Waals surface area contributed by atoms with Crippen molar-refractivity contribution >= 4 is 18.3 Å². The Bertz CT molecular complexity index is 677. The van der Waals surface area contributed by atoms with Gasteiger partial charge in [0, 0.05) is 45.9 Å². The third-order valence-corrected chi connectivity index (χ3v) is 4.62. The van der Waals surface area contributed by atoms with Crippen molar-refractivity contribution in [3.05, 3.63) is 53.9 Å². The lowest BCUT2D eigenvalue weighted by Gasteiger charge is -2.20. The third-order valence-electron chi connectivity index (χ3n) is 4.62. The molecule has 2 N–H and O–H groups in total. The Morgan fingerprint density at radius 1 is 1.40 bits per heavy atom. The lowest BCUT2D eigenvalue weighted by Crippen LogP contribution is -2.37. The molecule has 0 saturated carbocycles. The Balaban J connectivity index is 0.00000225. The summed E-state index contributed by atoms with van der Waals surface area (Å²) in [6.07, 6.45) is 3.70. The van der Waals surface area contributed by atoms with E-state index in [1.807, 2.05) is 49.8 Å². The van der Waals surface area contributed by atoms with Crippen LogP contribution in [0, 0.1) is 5.92 Å². The average molecular weight is 365 g/mol. The van der Waals surface area contributed by atoms with Crippen molar-refractivity contribution in [1.82, 2.24) is 20.4 Å². The van der Waals surface area contributed by atoms with E-state index in [2.05, 4.69) is 15.7 Å². The molecule has 1 amide bonds. The van der Waals surface area contributed by atoms with E-state index < -0.39 is 0 Å². The van der Waals surface area contributed by atoms with E-state index in [-0.39, 0.29) is 36.3 Å². The van der Waals surface area contributed by atoms with Crippen LogP contribution in [0.3, 0.4) is 0 Å². The van der Waals surface area contributed by atoms with Crippen LogP contribution in [0.15, 0.2) is 42.7 Å². The molecule has 1 fully saturated rings. The lowest BCUT2D eigenvalue weighted by atomic mass is 9.90. The van der Waals surface area contributed by atoms with E-state index in [1.165, 1.54) is 0 Å². The summed E-state index contributed by atoms with van der Waals surface area (Å²) in [7, 11) is 3.56. The van der Waals surface area contributed by atoms with Gasteiger partial charge in [-0.15, -0.1) is 12.4 Å². The molecule has 7 heteroatoms. The number of benzene rings is 1. The van der Waals surface area contributed by atoms with Gasteiger partial charge in [-0.1, -0.05) is 30.3 Å². The molecule has 1 aliphatic heterocycles. The van der Waals surface area contributed by atoms with Crippen LogP contribution in [0.25, 0.3) is 0 Å². The van der Waals surface area contributed by atoms with E-state index in [0.29, 0.717) is 13.1 Å². The van der Waals surface area contributed by atoms with Crippen molar-refractivity contribution in [3.63, 3.8) is 0 Å². The number of aromatic nitrogens is 2. The van der Waals surface area contributed by atoms with Crippen molar-refractivity contribution in [2.45, 2.75) is 12.0 Å². The number of halogens is 1. The predicted octanol–water partition coefficient (Wildman–Crippen LogP) is 1.65. The van der Waals surface area contributed by atoms with Crippen LogP contribution in [0.4, 0.5) is 0 Å². The van der Waals surface area contributed by atoms with Crippen LogP contribution >= 0.6 is 12.4 Å². The first-order valence-electron chi connectivity index (χ1n) is 8.23. The largest absolute Gasteiger partial charge is 0.375 e. The Labute approximate surface area is 154 Å². The number of rotatable bonds is 6. The molecule has 1 aliphatic rings. The molecule has 6 nitrogen and oxygen atoms in total. The molecule has 1 saturated heterocycles. The van der Waals surface area contributed by atoms with Crippen molar-refractivity contribution < 1.29 is 9.53 Å². The number of methoxy groups -OCH3 is 1. The van der Waals surface area contributed by atoms with Gasteiger partial charge in [-0.05, 0) is 11.1 Å². The number of nitrogens with zero attached hydrogens (tertiary/aromatic N) is 2. The van der Waals surface area contributed by atoms with Crippen LogP contribution in [0.1, 0.15) is 23.1 Å². The van der Waals surface area contributed by atoms with Gasteiger partial charge in [-0.25, -0.2) is 0 Å². The second-order valence-corrected chi connectivity index (χ2v) is 6.20. The highest BCUT2D eigenvalue weighted by atomic mass is 35.5. The van der Waals surface area contributed by atoms with Gasteiger partial charge in [-0.3, -0.25) is 9.48 Å². The van der Waals surface area contributed by atoms with E-state index in [4.69, 9.17) is 4.74 Å². The Morgan fingerprint density at radius 2 is 2.16 bits per heavy atom. The Hall–Kier alpha value is -1.89. The maximum Gasteiger partial charge on any atom is 0.225 e. The number of hydrogen-bond donors (Lipinski definition) is 2. The molecule has 1 aromatic carbocycles. The lowest BCUT2D eigenvalue weighted by molar-refractivity contribution is -0.125. The van der Waals surface area contributed by atoms with Gasteiger partial charge >= 0.3 is 0 Å². The minimum absolute atomic E-state index is 0. The van der Waals surface area contributed by atoms with Gasteiger partial charge in [0.1, 0.15) is 0 Å². The highest BCUT2D eigenvalue weighted by Crippen LogP contribution is 2.28. The summed E-state index contributed by atoms with van der Waals surface area (Å²) in [4.78, 5) is 12.7. The average Bonchev–Trinajstić information content (AvgIpc) is 3.25. The molecular formula is C18H25ClN4O2. The van der Waals surface area contributed by atoms with E-state index in [1.54, 1.807) is 11.8 Å². The summed E-state index contributed by atoms with van der Waals surface area (Å²) < 4.78 is 7.30. The van der Waals surface area contributed by atoms with Crippen LogP contribution in [0.5, 0.6) is 0 Å². The maximum absolute atomic E-state index is 12.7. The third kappa shape index (κ3) is 4.60. The van der Waals surface area contributed by atoms with Crippen molar-refractivity contribution in [3.8, 4) is 0 Å². The summed E-state index contributed by atoms with van der Waals surface area (Å²) in [6, 6.07) is 9.94. The van der Waals surface area contributed by atoms with Crippen LogP contribution in [0.2, 0.25) is 0 Å². The zero-order chi connectivity index (χ0) is 16.9. The molecule has 1 aromatic heterocycles. The highest BCUT2D eigenvalue weighted by Gasteiger charge is 2.34. The van der Waals surface area contributed by atoms with Crippen molar-refractivity contribution in [2.75, 3.05) is 26.7 Å². The molecule has 25 heavy (non-hydrogen) atoms. The van der Waals surface area contributed by atoms with Gasteiger partial charge in [0.05, 0.1) is 18.2 Å². The summed E-state index contributed by atoms with van der Waals surface area (Å²) >= 11 is 0. The molecule has 2 aromatic rings. The summed E-state index contributed by atoms with van der Waals surface area (Å²) in [5, 5.41) is 10.6. The van der Waals surface area contributed by atoms with Gasteiger partial charge in [0.15, 0.2) is 0 Å². The van der Waals surface area contributed by atoms with Crippen LogP contribution in [-0.4, -0.2) is 42.4 Å². The van der Waals surface area contributed by atoms with Crippen LogP contribution < -0.4 is 10.6 Å². The second kappa shape index (κ2) is 8.99. The zero-order valence-corrected chi connectivity index (χ0v) is 15.3. The SMILES string of the molecule is COC(CNC(=O)[C@H]1CNC[C@@H]1c1cnn(C)c1)c1ccccc1.Cl. The smallest absolute Gasteiger partial charge is 0.225 e. The Morgan fingerprint density at radius 3 is 2.80 bits per heavy atom. The molecule has 0 bridgehead atoms. The minimum Gasteiger partial charge on any atom is -0.375 e. The second-order valence-electron chi connectivity index (χ2n) is 6.20. The first kappa shape index (κ1) is 19.4. The Kier molecular flexibility index (Phi) is 6.99. The summed E-state index contributed by atoms with van der Waals surface area (Å²) in [5.74, 6) is 0.144. The number of ether oxygens (including phenoxy) is 1. The molecule has 0 spiro atoms. The topological polar surface area (TPSA) is 68.2 Å². The number of hydrogen-bond acceptors (Lipinski definition) is 4. The van der Waals surface area contributed by atoms with Crippen molar-refractivity contribution in [2.24, 2.45) is 13.0 Å². The number of carbonyl (C=O) groups excluding carboxylic acids is 1. The molecule has 3 rings (SSSR count). The fourth-order valence-corrected chi connectivity index (χ4v) is 3.27. The van der Waals surface area contributed by atoms with E-state index >= 15 is 0 Å². The van der Waals surface area contributed by atoms with Gasteiger partial charge in [0.2, 0.25) is 5.91 Å². The molecule has 136 valence electrons. The van der Waals surface area contributed by atoms with Gasteiger partial charge in [0.25, 0.3) is 0 Å². The van der Waals surface area contributed by atoms with Gasteiger partial charge < -0.3 is 15.4 Å². The number of amides is 1. The quantitative estimate of drug-likeness (QED) is 0.817. The molecule has 3 atom stereocenters. The number of aryl methyl sites for hydroxylation is 1. The van der Waals surface area contributed by atoms with E-state index in [0.717, 1.165) is 17.7 Å².